The van der Waals surface area contributed by atoms with E-state index in [1.54, 1.807) is 6.92 Å². The Hall–Kier alpha value is -1.15. The average molecular weight is 220 g/mol. The lowest BCUT2D eigenvalue weighted by Gasteiger charge is -2.10. The Kier molecular flexibility index (Phi) is 4.69. The van der Waals surface area contributed by atoms with Gasteiger partial charge in [-0.15, -0.1) is 0 Å². The molecule has 0 radical (unpaired) electrons. The molecule has 0 amide bonds. The zero-order chi connectivity index (χ0) is 12.1. The minimum absolute atomic E-state index is 0.128. The number of benzene rings is 1. The number of hydrogen-bond acceptors (Lipinski definition) is 2. The normalized spacial score (nSPS) is 12.8. The van der Waals surface area contributed by atoms with E-state index < -0.39 is 6.10 Å². The Balaban J connectivity index is 2.74. The van der Waals surface area contributed by atoms with E-state index in [-0.39, 0.29) is 5.78 Å². The highest BCUT2D eigenvalue weighted by Crippen LogP contribution is 2.17. The molecule has 0 spiro atoms. The van der Waals surface area contributed by atoms with Gasteiger partial charge >= 0.3 is 0 Å². The largest absolute Gasteiger partial charge is 0.381 e. The molecule has 1 aromatic rings. The van der Waals surface area contributed by atoms with E-state index in [1.165, 1.54) is 5.56 Å². The molecule has 1 rings (SSSR count). The Morgan fingerprint density at radius 3 is 2.25 bits per heavy atom. The number of hydrogen-bond donors (Lipinski definition) is 1. The Morgan fingerprint density at radius 2 is 1.81 bits per heavy atom. The molecule has 0 aliphatic heterocycles. The first-order valence-corrected chi connectivity index (χ1v) is 5.84. The van der Waals surface area contributed by atoms with Gasteiger partial charge in [0.2, 0.25) is 0 Å². The fraction of sp³-hybridized carbons (Fsp3) is 0.500. The first-order valence-electron chi connectivity index (χ1n) is 5.84. The van der Waals surface area contributed by atoms with Crippen LogP contribution in [-0.2, 0) is 11.2 Å². The number of rotatable bonds is 5. The summed E-state index contributed by atoms with van der Waals surface area (Å²) in [5.41, 5.74) is 1.94. The van der Waals surface area contributed by atoms with Crippen molar-refractivity contribution in [2.24, 2.45) is 5.92 Å². The molecule has 88 valence electrons. The molecule has 0 aliphatic carbocycles. The minimum atomic E-state index is -0.960. The van der Waals surface area contributed by atoms with Crippen molar-refractivity contribution in [2.75, 3.05) is 0 Å². The molecule has 2 heteroatoms. The van der Waals surface area contributed by atoms with Gasteiger partial charge in [-0.25, -0.2) is 0 Å². The Labute approximate surface area is 97.3 Å². The maximum atomic E-state index is 11.3. The number of aliphatic hydroxyl groups is 1. The van der Waals surface area contributed by atoms with Crippen molar-refractivity contribution < 1.29 is 9.90 Å². The van der Waals surface area contributed by atoms with Crippen molar-refractivity contribution in [3.8, 4) is 0 Å². The van der Waals surface area contributed by atoms with Gasteiger partial charge in [-0.05, 0) is 23.5 Å². The molecule has 0 aliphatic rings. The second kappa shape index (κ2) is 5.80. The van der Waals surface area contributed by atoms with Gasteiger partial charge in [-0.1, -0.05) is 45.0 Å². The zero-order valence-corrected chi connectivity index (χ0v) is 10.2. The van der Waals surface area contributed by atoms with Gasteiger partial charge in [0.25, 0.3) is 0 Å². The quantitative estimate of drug-likeness (QED) is 0.828. The second-order valence-corrected chi connectivity index (χ2v) is 4.56. The molecule has 0 bridgehead atoms. The van der Waals surface area contributed by atoms with E-state index in [4.69, 9.17) is 0 Å². The van der Waals surface area contributed by atoms with Gasteiger partial charge in [-0.3, -0.25) is 4.79 Å². The third-order valence-electron chi connectivity index (χ3n) is 2.59. The summed E-state index contributed by atoms with van der Waals surface area (Å²) in [6, 6.07) is 7.66. The van der Waals surface area contributed by atoms with Crippen molar-refractivity contribution in [3.05, 3.63) is 35.4 Å². The third kappa shape index (κ3) is 3.46. The van der Waals surface area contributed by atoms with Crippen molar-refractivity contribution in [2.45, 2.75) is 39.7 Å². The smallest absolute Gasteiger partial charge is 0.165 e. The molecule has 0 aromatic heterocycles. The number of aliphatic hydroxyl groups excluding tert-OH is 1. The number of carbonyl (C=O) groups excluding carboxylic acids is 1. The van der Waals surface area contributed by atoms with Crippen LogP contribution in [0.1, 0.15) is 44.4 Å². The summed E-state index contributed by atoms with van der Waals surface area (Å²) < 4.78 is 0. The highest BCUT2D eigenvalue weighted by molar-refractivity contribution is 5.83. The monoisotopic (exact) mass is 220 g/mol. The van der Waals surface area contributed by atoms with Crippen LogP contribution in [0.3, 0.4) is 0 Å². The van der Waals surface area contributed by atoms with Gasteiger partial charge in [0.1, 0.15) is 6.10 Å². The molecule has 0 saturated carbocycles. The molecule has 1 aromatic carbocycles. The number of Topliss-reactive ketones (excluding diaryl/α,β-unsaturated/α-hetero) is 1. The molecule has 1 N–H and O–H groups in total. The third-order valence-corrected chi connectivity index (χ3v) is 2.59. The van der Waals surface area contributed by atoms with E-state index >= 15 is 0 Å². The predicted octanol–water partition coefficient (Wildman–Crippen LogP) is 2.90. The Bertz CT molecular complexity index is 338. The molecule has 0 fully saturated rings. The van der Waals surface area contributed by atoms with Gasteiger partial charge in [-0.2, -0.15) is 0 Å². The lowest BCUT2D eigenvalue weighted by atomic mass is 9.98. The molecular formula is C14H20O2. The van der Waals surface area contributed by atoms with Crippen LogP contribution in [0.4, 0.5) is 0 Å². The number of carbonyl (C=O) groups is 1. The number of ketones is 1. The lowest BCUT2D eigenvalue weighted by Crippen LogP contribution is -2.10. The highest BCUT2D eigenvalue weighted by Gasteiger charge is 2.14. The Morgan fingerprint density at radius 1 is 1.25 bits per heavy atom. The molecular weight excluding hydrogens is 200 g/mol. The van der Waals surface area contributed by atoms with E-state index in [2.05, 4.69) is 13.8 Å². The molecule has 16 heavy (non-hydrogen) atoms. The highest BCUT2D eigenvalue weighted by atomic mass is 16.3. The van der Waals surface area contributed by atoms with E-state index in [9.17, 15) is 9.90 Å². The van der Waals surface area contributed by atoms with Crippen LogP contribution in [0.25, 0.3) is 0 Å². The summed E-state index contributed by atoms with van der Waals surface area (Å²) in [4.78, 5) is 11.3. The average Bonchev–Trinajstić information content (AvgIpc) is 2.27. The van der Waals surface area contributed by atoms with Crippen LogP contribution in [0.2, 0.25) is 0 Å². The standard InChI is InChI=1S/C14H20O2/c1-4-13(15)14(16)12-7-5-11(6-8-12)9-10(2)3/h5-8,10,14,16H,4,9H2,1-3H3. The fourth-order valence-electron chi connectivity index (χ4n) is 1.69. The molecule has 2 nitrogen and oxygen atoms in total. The van der Waals surface area contributed by atoms with Crippen LogP contribution in [-0.4, -0.2) is 10.9 Å². The van der Waals surface area contributed by atoms with E-state index in [1.807, 2.05) is 24.3 Å². The van der Waals surface area contributed by atoms with Crippen LogP contribution in [0.5, 0.6) is 0 Å². The van der Waals surface area contributed by atoms with Crippen molar-refractivity contribution in [3.63, 3.8) is 0 Å². The first-order chi connectivity index (χ1) is 7.54. The predicted molar refractivity (Wildman–Crippen MR) is 65.2 cm³/mol. The summed E-state index contributed by atoms with van der Waals surface area (Å²) >= 11 is 0. The zero-order valence-electron chi connectivity index (χ0n) is 10.2. The minimum Gasteiger partial charge on any atom is -0.381 e. The van der Waals surface area contributed by atoms with Gasteiger partial charge in [0.15, 0.2) is 5.78 Å². The van der Waals surface area contributed by atoms with Gasteiger partial charge in [0, 0.05) is 6.42 Å². The van der Waals surface area contributed by atoms with Gasteiger partial charge < -0.3 is 5.11 Å². The molecule has 1 unspecified atom stereocenters. The molecule has 1 atom stereocenters. The van der Waals surface area contributed by atoms with Crippen molar-refractivity contribution in [1.29, 1.82) is 0 Å². The van der Waals surface area contributed by atoms with E-state index in [0.29, 0.717) is 17.9 Å². The second-order valence-electron chi connectivity index (χ2n) is 4.56. The molecule has 0 saturated heterocycles. The lowest BCUT2D eigenvalue weighted by molar-refractivity contribution is -0.127. The summed E-state index contributed by atoms with van der Waals surface area (Å²) in [6.45, 7) is 6.10. The topological polar surface area (TPSA) is 37.3 Å². The van der Waals surface area contributed by atoms with E-state index in [0.717, 1.165) is 6.42 Å². The maximum absolute atomic E-state index is 11.3. The van der Waals surface area contributed by atoms with Crippen LogP contribution in [0, 0.1) is 5.92 Å². The first kappa shape index (κ1) is 12.9. The van der Waals surface area contributed by atoms with Crippen molar-refractivity contribution in [1.82, 2.24) is 0 Å². The molecule has 0 heterocycles. The van der Waals surface area contributed by atoms with Crippen LogP contribution in [0.15, 0.2) is 24.3 Å². The van der Waals surface area contributed by atoms with Gasteiger partial charge in [0.05, 0.1) is 0 Å². The fourth-order valence-corrected chi connectivity index (χ4v) is 1.69. The summed E-state index contributed by atoms with van der Waals surface area (Å²) in [5.74, 6) is 0.490. The maximum Gasteiger partial charge on any atom is 0.165 e. The van der Waals surface area contributed by atoms with Crippen LogP contribution >= 0.6 is 0 Å². The SMILES string of the molecule is CCC(=O)C(O)c1ccc(CC(C)C)cc1. The van der Waals surface area contributed by atoms with Crippen LogP contribution < -0.4 is 0 Å². The summed E-state index contributed by atoms with van der Waals surface area (Å²) in [7, 11) is 0. The summed E-state index contributed by atoms with van der Waals surface area (Å²) in [6.07, 6.45) is 0.436. The summed E-state index contributed by atoms with van der Waals surface area (Å²) in [5, 5.41) is 9.71. The van der Waals surface area contributed by atoms with Crippen molar-refractivity contribution >= 4 is 5.78 Å².